The molecule has 3 atom stereocenters. The van der Waals surface area contributed by atoms with Crippen LogP contribution in [0, 0.1) is 0 Å². The van der Waals surface area contributed by atoms with Crippen molar-refractivity contribution in [3.8, 4) is 0 Å². The van der Waals surface area contributed by atoms with Gasteiger partial charge in [-0.15, -0.1) is 23.1 Å². The molecule has 0 aliphatic carbocycles. The van der Waals surface area contributed by atoms with Crippen LogP contribution in [0.5, 0.6) is 0 Å². The molecule has 1 aromatic heterocycles. The number of rotatable bonds is 4. The summed E-state index contributed by atoms with van der Waals surface area (Å²) < 4.78 is 0. The molecule has 0 radical (unpaired) electrons. The zero-order valence-electron chi connectivity index (χ0n) is 10.6. The fourth-order valence-electron chi connectivity index (χ4n) is 1.95. The third-order valence-corrected chi connectivity index (χ3v) is 7.12. The second-order valence-electron chi connectivity index (χ2n) is 4.26. The normalized spacial score (nSPS) is 27.0. The van der Waals surface area contributed by atoms with Crippen molar-refractivity contribution in [1.82, 2.24) is 10.3 Å². The fourth-order valence-corrected chi connectivity index (χ4v) is 6.03. The average molecular weight is 289 g/mol. The molecule has 0 amide bonds. The van der Waals surface area contributed by atoms with Gasteiger partial charge in [0.25, 0.3) is 0 Å². The highest BCUT2D eigenvalue weighted by Crippen LogP contribution is 2.43. The summed E-state index contributed by atoms with van der Waals surface area (Å²) in [7, 11) is 0. The topological polar surface area (TPSA) is 24.9 Å². The number of nitrogens with zero attached hydrogens (tertiary/aromatic N) is 1. The van der Waals surface area contributed by atoms with Crippen molar-refractivity contribution in [2.45, 2.75) is 37.3 Å². The monoisotopic (exact) mass is 288 g/mol. The van der Waals surface area contributed by atoms with Crippen molar-refractivity contribution < 1.29 is 0 Å². The first-order valence-corrected chi connectivity index (χ1v) is 9.12. The molecule has 17 heavy (non-hydrogen) atoms. The molecular formula is C12H20N2S3. The van der Waals surface area contributed by atoms with Gasteiger partial charge in [0.15, 0.2) is 0 Å². The minimum atomic E-state index is 0.376. The van der Waals surface area contributed by atoms with Crippen LogP contribution in [0.2, 0.25) is 0 Å². The van der Waals surface area contributed by atoms with Gasteiger partial charge in [-0.25, -0.2) is 4.98 Å². The lowest BCUT2D eigenvalue weighted by Gasteiger charge is -2.26. The first-order valence-electron chi connectivity index (χ1n) is 6.14. The molecule has 1 fully saturated rings. The van der Waals surface area contributed by atoms with Gasteiger partial charge in [-0.3, -0.25) is 0 Å². The van der Waals surface area contributed by atoms with Crippen LogP contribution in [0.25, 0.3) is 0 Å². The van der Waals surface area contributed by atoms with Crippen LogP contribution in [-0.2, 0) is 0 Å². The Labute approximate surface area is 116 Å². The predicted octanol–water partition coefficient (Wildman–Crippen LogP) is 3.72. The molecule has 5 heteroatoms. The number of thioether (sulfide) groups is 2. The van der Waals surface area contributed by atoms with Crippen molar-refractivity contribution in [2.24, 2.45) is 0 Å². The number of hydrogen-bond donors (Lipinski definition) is 1. The largest absolute Gasteiger partial charge is 0.309 e. The van der Waals surface area contributed by atoms with Crippen molar-refractivity contribution >= 4 is 34.9 Å². The summed E-state index contributed by atoms with van der Waals surface area (Å²) in [5, 5.41) is 8.25. The van der Waals surface area contributed by atoms with Gasteiger partial charge in [-0.1, -0.05) is 13.8 Å². The van der Waals surface area contributed by atoms with Crippen LogP contribution in [0.15, 0.2) is 5.38 Å². The van der Waals surface area contributed by atoms with Gasteiger partial charge in [0, 0.05) is 28.2 Å². The van der Waals surface area contributed by atoms with Gasteiger partial charge >= 0.3 is 0 Å². The van der Waals surface area contributed by atoms with E-state index in [4.69, 9.17) is 4.98 Å². The summed E-state index contributed by atoms with van der Waals surface area (Å²) in [5.41, 5.74) is 1.20. The first-order chi connectivity index (χ1) is 8.22. The van der Waals surface area contributed by atoms with E-state index < -0.39 is 0 Å². The molecule has 1 aliphatic heterocycles. The minimum Gasteiger partial charge on any atom is -0.309 e. The number of aromatic nitrogens is 1. The van der Waals surface area contributed by atoms with Crippen LogP contribution >= 0.6 is 34.9 Å². The summed E-state index contributed by atoms with van der Waals surface area (Å²) in [6.45, 7) is 7.66. The highest BCUT2D eigenvalue weighted by molar-refractivity contribution is 8.06. The highest BCUT2D eigenvalue weighted by atomic mass is 32.2. The molecule has 1 aliphatic rings. The van der Waals surface area contributed by atoms with E-state index in [-0.39, 0.29) is 0 Å². The molecule has 0 bridgehead atoms. The van der Waals surface area contributed by atoms with Crippen LogP contribution in [0.3, 0.4) is 0 Å². The Balaban J connectivity index is 2.06. The van der Waals surface area contributed by atoms with Crippen LogP contribution < -0.4 is 5.32 Å². The third-order valence-electron chi connectivity index (χ3n) is 2.92. The molecule has 1 aromatic rings. The van der Waals surface area contributed by atoms with Crippen molar-refractivity contribution in [2.75, 3.05) is 18.1 Å². The molecule has 2 nitrogen and oxygen atoms in total. The Morgan fingerprint density at radius 3 is 2.94 bits per heavy atom. The summed E-state index contributed by atoms with van der Waals surface area (Å²) in [5.74, 6) is 2.55. The van der Waals surface area contributed by atoms with E-state index in [2.05, 4.69) is 55.0 Å². The highest BCUT2D eigenvalue weighted by Gasteiger charge is 2.27. The molecule has 3 unspecified atom stereocenters. The van der Waals surface area contributed by atoms with Gasteiger partial charge in [-0.2, -0.15) is 11.8 Å². The first kappa shape index (κ1) is 13.7. The quantitative estimate of drug-likeness (QED) is 0.913. The van der Waals surface area contributed by atoms with Crippen molar-refractivity contribution in [3.63, 3.8) is 0 Å². The lowest BCUT2D eigenvalue weighted by molar-refractivity contribution is 0.584. The van der Waals surface area contributed by atoms with E-state index >= 15 is 0 Å². The standard InChI is InChI=1S/C12H20N2S3/c1-4-13-8(2)10-7-17-12(14-10)11-9(3)15-5-6-16-11/h7-9,11,13H,4-6H2,1-3H3. The van der Waals surface area contributed by atoms with E-state index in [0.717, 1.165) is 6.54 Å². The number of nitrogens with one attached hydrogen (secondary N) is 1. The Kier molecular flexibility index (Phi) is 5.21. The van der Waals surface area contributed by atoms with E-state index in [1.165, 1.54) is 22.2 Å². The summed E-state index contributed by atoms with van der Waals surface area (Å²) in [6.07, 6.45) is 0. The van der Waals surface area contributed by atoms with Crippen molar-refractivity contribution in [1.29, 1.82) is 0 Å². The SMILES string of the molecule is CCNC(C)c1csc(C2SCCSC2C)n1. The Morgan fingerprint density at radius 2 is 2.24 bits per heavy atom. The second-order valence-corrected chi connectivity index (χ2v) is 7.88. The molecule has 2 heterocycles. The Hall–Kier alpha value is 0.290. The van der Waals surface area contributed by atoms with E-state index in [1.54, 1.807) is 0 Å². The van der Waals surface area contributed by atoms with Crippen molar-refractivity contribution in [3.05, 3.63) is 16.1 Å². The van der Waals surface area contributed by atoms with E-state index in [0.29, 0.717) is 16.5 Å². The summed E-state index contributed by atoms with van der Waals surface area (Å²) >= 11 is 5.98. The zero-order valence-corrected chi connectivity index (χ0v) is 13.1. The summed E-state index contributed by atoms with van der Waals surface area (Å²) in [4.78, 5) is 4.82. The smallest absolute Gasteiger partial charge is 0.107 e. The molecule has 1 N–H and O–H groups in total. The molecule has 1 saturated heterocycles. The number of thiazole rings is 1. The van der Waals surface area contributed by atoms with Gasteiger partial charge < -0.3 is 5.32 Å². The lowest BCUT2D eigenvalue weighted by Crippen LogP contribution is -2.19. The van der Waals surface area contributed by atoms with Crippen LogP contribution in [-0.4, -0.2) is 28.3 Å². The average Bonchev–Trinajstić information content (AvgIpc) is 2.79. The van der Waals surface area contributed by atoms with Gasteiger partial charge in [0.1, 0.15) is 5.01 Å². The third kappa shape index (κ3) is 3.40. The Bertz CT molecular complexity index is 353. The van der Waals surface area contributed by atoms with Gasteiger partial charge in [-0.05, 0) is 13.5 Å². The van der Waals surface area contributed by atoms with Crippen LogP contribution in [0.4, 0.5) is 0 Å². The van der Waals surface area contributed by atoms with E-state index in [9.17, 15) is 0 Å². The van der Waals surface area contributed by atoms with Crippen LogP contribution in [0.1, 0.15) is 42.8 Å². The maximum Gasteiger partial charge on any atom is 0.107 e. The predicted molar refractivity (Wildman–Crippen MR) is 81.3 cm³/mol. The van der Waals surface area contributed by atoms with Gasteiger partial charge in [0.05, 0.1) is 10.9 Å². The molecule has 2 rings (SSSR count). The maximum atomic E-state index is 4.82. The lowest BCUT2D eigenvalue weighted by atomic mass is 10.2. The second kappa shape index (κ2) is 6.45. The minimum absolute atomic E-state index is 0.376. The molecule has 0 spiro atoms. The zero-order chi connectivity index (χ0) is 12.3. The number of hydrogen-bond acceptors (Lipinski definition) is 5. The summed E-state index contributed by atoms with van der Waals surface area (Å²) in [6, 6.07) is 0.376. The Morgan fingerprint density at radius 1 is 1.47 bits per heavy atom. The van der Waals surface area contributed by atoms with E-state index in [1.807, 2.05) is 11.3 Å². The molecule has 0 saturated carbocycles. The molecule has 96 valence electrons. The maximum absolute atomic E-state index is 4.82. The molecular weight excluding hydrogens is 268 g/mol. The fraction of sp³-hybridized carbons (Fsp3) is 0.750. The molecule has 0 aromatic carbocycles. The van der Waals surface area contributed by atoms with Gasteiger partial charge in [0.2, 0.25) is 0 Å².